The summed E-state index contributed by atoms with van der Waals surface area (Å²) in [6, 6.07) is 4.57. The van der Waals surface area contributed by atoms with Crippen LogP contribution < -0.4 is 9.47 Å². The molecule has 0 saturated heterocycles. The third-order valence-electron chi connectivity index (χ3n) is 4.50. The highest BCUT2D eigenvalue weighted by Crippen LogP contribution is 2.28. The molecule has 0 unspecified atom stereocenters. The number of aromatic hydroxyl groups is 1. The highest BCUT2D eigenvalue weighted by Gasteiger charge is 2.09. The van der Waals surface area contributed by atoms with Gasteiger partial charge in [0.15, 0.2) is 0 Å². The lowest BCUT2D eigenvalue weighted by atomic mass is 10.1. The van der Waals surface area contributed by atoms with Gasteiger partial charge in [0, 0.05) is 24.6 Å². The molecule has 0 amide bonds. The second-order valence-electron chi connectivity index (χ2n) is 7.90. The maximum Gasteiger partial charge on any atom is 0.311 e. The van der Waals surface area contributed by atoms with Crippen molar-refractivity contribution in [1.29, 1.82) is 0 Å². The van der Waals surface area contributed by atoms with Gasteiger partial charge in [-0.15, -0.1) is 0 Å². The standard InChI is InChI=1S/C27H40O4/c1-4-5-6-7-8-9-10-11-12-13-14-15-16-17-18-19-27(29)31-26-21-24(28)20-25(22-26)30-23(2)3/h5-6,8-9,11-12,20-23,28H,4,7,10,13-19H2,1-3H3. The van der Waals surface area contributed by atoms with E-state index in [-0.39, 0.29) is 17.8 Å². The van der Waals surface area contributed by atoms with Crippen LogP contribution in [0.5, 0.6) is 17.2 Å². The fourth-order valence-corrected chi connectivity index (χ4v) is 3.03. The number of rotatable bonds is 16. The summed E-state index contributed by atoms with van der Waals surface area (Å²) in [7, 11) is 0. The fraction of sp³-hybridized carbons (Fsp3) is 0.519. The molecular weight excluding hydrogens is 388 g/mol. The summed E-state index contributed by atoms with van der Waals surface area (Å²) in [4.78, 5) is 12.0. The summed E-state index contributed by atoms with van der Waals surface area (Å²) in [5.41, 5.74) is 0. The quantitative estimate of drug-likeness (QED) is 0.127. The zero-order valence-electron chi connectivity index (χ0n) is 19.5. The maximum atomic E-state index is 12.0. The maximum absolute atomic E-state index is 12.0. The van der Waals surface area contributed by atoms with E-state index in [2.05, 4.69) is 43.4 Å². The Labute approximate surface area is 188 Å². The van der Waals surface area contributed by atoms with E-state index in [1.165, 1.54) is 25.0 Å². The molecule has 1 rings (SSSR count). The third-order valence-corrected chi connectivity index (χ3v) is 4.50. The number of ether oxygens (including phenoxy) is 2. The molecule has 0 aliphatic heterocycles. The summed E-state index contributed by atoms with van der Waals surface area (Å²) >= 11 is 0. The minimum absolute atomic E-state index is 0.0179. The van der Waals surface area contributed by atoms with E-state index in [1.54, 1.807) is 6.07 Å². The molecule has 4 nitrogen and oxygen atoms in total. The Kier molecular flexibility index (Phi) is 14.7. The van der Waals surface area contributed by atoms with Gasteiger partial charge in [0.05, 0.1) is 6.10 Å². The zero-order chi connectivity index (χ0) is 22.7. The van der Waals surface area contributed by atoms with Crippen LogP contribution in [0, 0.1) is 0 Å². The van der Waals surface area contributed by atoms with E-state index in [1.807, 2.05) is 13.8 Å². The second kappa shape index (κ2) is 17.2. The van der Waals surface area contributed by atoms with Crippen molar-refractivity contribution >= 4 is 5.97 Å². The van der Waals surface area contributed by atoms with Crippen LogP contribution in [0.3, 0.4) is 0 Å². The van der Waals surface area contributed by atoms with Gasteiger partial charge in [-0.1, -0.05) is 62.6 Å². The van der Waals surface area contributed by atoms with Crippen LogP contribution in [0.25, 0.3) is 0 Å². The van der Waals surface area contributed by atoms with Crippen molar-refractivity contribution in [1.82, 2.24) is 0 Å². The monoisotopic (exact) mass is 428 g/mol. The topological polar surface area (TPSA) is 55.8 Å². The van der Waals surface area contributed by atoms with Crippen LogP contribution in [-0.2, 0) is 4.79 Å². The van der Waals surface area contributed by atoms with Crippen molar-refractivity contribution < 1.29 is 19.4 Å². The average molecular weight is 429 g/mol. The van der Waals surface area contributed by atoms with E-state index in [9.17, 15) is 9.90 Å². The third kappa shape index (κ3) is 15.0. The number of carbonyl (C=O) groups excluding carboxylic acids is 1. The first-order valence-electron chi connectivity index (χ1n) is 11.7. The summed E-state index contributed by atoms with van der Waals surface area (Å²) in [5, 5.41) is 9.75. The van der Waals surface area contributed by atoms with Gasteiger partial charge in [-0.05, 0) is 52.4 Å². The van der Waals surface area contributed by atoms with Gasteiger partial charge in [-0.2, -0.15) is 0 Å². The summed E-state index contributed by atoms with van der Waals surface area (Å²) in [5.74, 6) is 0.559. The van der Waals surface area contributed by atoms with Gasteiger partial charge in [0.2, 0.25) is 0 Å². The van der Waals surface area contributed by atoms with Crippen LogP contribution in [0.15, 0.2) is 54.7 Å². The minimum atomic E-state index is -0.276. The zero-order valence-corrected chi connectivity index (χ0v) is 19.5. The van der Waals surface area contributed by atoms with Crippen molar-refractivity contribution in [2.45, 2.75) is 91.1 Å². The van der Waals surface area contributed by atoms with Crippen LogP contribution in [0.2, 0.25) is 0 Å². The molecule has 1 aromatic rings. The van der Waals surface area contributed by atoms with E-state index < -0.39 is 0 Å². The molecule has 0 radical (unpaired) electrons. The van der Waals surface area contributed by atoms with Crippen LogP contribution >= 0.6 is 0 Å². The SMILES string of the molecule is CCC=CCC=CCC=CCCCCCCCC(=O)Oc1cc(O)cc(OC(C)C)c1. The van der Waals surface area contributed by atoms with Crippen molar-refractivity contribution in [3.05, 3.63) is 54.7 Å². The van der Waals surface area contributed by atoms with Crippen molar-refractivity contribution in [2.24, 2.45) is 0 Å². The van der Waals surface area contributed by atoms with E-state index >= 15 is 0 Å². The molecule has 4 heteroatoms. The first-order valence-corrected chi connectivity index (χ1v) is 11.7. The number of hydrogen-bond donors (Lipinski definition) is 1. The van der Waals surface area contributed by atoms with Gasteiger partial charge >= 0.3 is 5.97 Å². The molecule has 172 valence electrons. The molecular formula is C27H40O4. The predicted molar refractivity (Wildman–Crippen MR) is 129 cm³/mol. The Hall–Kier alpha value is -2.49. The van der Waals surface area contributed by atoms with Gasteiger partial charge < -0.3 is 14.6 Å². The Bertz CT molecular complexity index is 701. The molecule has 0 saturated carbocycles. The number of phenolic OH excluding ortho intramolecular Hbond substituents is 1. The summed E-state index contributed by atoms with van der Waals surface area (Å²) in [6.45, 7) is 5.95. The van der Waals surface area contributed by atoms with Gasteiger partial charge in [-0.25, -0.2) is 0 Å². The Balaban J connectivity index is 2.08. The minimum Gasteiger partial charge on any atom is -0.508 e. The molecule has 31 heavy (non-hydrogen) atoms. The molecule has 1 N–H and O–H groups in total. The fourth-order valence-electron chi connectivity index (χ4n) is 3.03. The molecule has 0 heterocycles. The molecule has 0 bridgehead atoms. The number of esters is 1. The molecule has 0 aliphatic rings. The lowest BCUT2D eigenvalue weighted by molar-refractivity contribution is -0.134. The van der Waals surface area contributed by atoms with E-state index in [4.69, 9.17) is 9.47 Å². The molecule has 1 aromatic carbocycles. The van der Waals surface area contributed by atoms with Crippen LogP contribution in [0.1, 0.15) is 85.0 Å². The molecule has 0 fully saturated rings. The first-order chi connectivity index (χ1) is 15.0. The number of carbonyl (C=O) groups is 1. The van der Waals surface area contributed by atoms with E-state index in [0.717, 1.165) is 44.9 Å². The second-order valence-corrected chi connectivity index (χ2v) is 7.90. The van der Waals surface area contributed by atoms with Gasteiger partial charge in [0.1, 0.15) is 17.2 Å². The summed E-state index contributed by atoms with van der Waals surface area (Å²) < 4.78 is 10.9. The van der Waals surface area contributed by atoms with Crippen LogP contribution in [0.4, 0.5) is 0 Å². The smallest absolute Gasteiger partial charge is 0.311 e. The lowest BCUT2D eigenvalue weighted by Gasteiger charge is -2.12. The number of hydrogen-bond acceptors (Lipinski definition) is 4. The largest absolute Gasteiger partial charge is 0.508 e. The predicted octanol–water partition coefficient (Wildman–Crippen LogP) is 7.67. The normalized spacial score (nSPS) is 11.9. The Morgan fingerprint density at radius 2 is 1.48 bits per heavy atom. The van der Waals surface area contributed by atoms with Crippen molar-refractivity contribution in [3.8, 4) is 17.2 Å². The molecule has 0 aliphatic carbocycles. The van der Waals surface area contributed by atoms with Crippen LogP contribution in [-0.4, -0.2) is 17.2 Å². The Morgan fingerprint density at radius 1 is 0.871 bits per heavy atom. The van der Waals surface area contributed by atoms with Crippen molar-refractivity contribution in [2.75, 3.05) is 0 Å². The highest BCUT2D eigenvalue weighted by molar-refractivity contribution is 5.72. The highest BCUT2D eigenvalue weighted by atomic mass is 16.5. The number of phenols is 1. The molecule has 0 aromatic heterocycles. The molecule has 0 spiro atoms. The Morgan fingerprint density at radius 3 is 2.19 bits per heavy atom. The van der Waals surface area contributed by atoms with Crippen molar-refractivity contribution in [3.63, 3.8) is 0 Å². The first kappa shape index (κ1) is 26.5. The van der Waals surface area contributed by atoms with Gasteiger partial charge in [0.25, 0.3) is 0 Å². The number of benzene rings is 1. The molecule has 0 atom stereocenters. The number of allylic oxidation sites excluding steroid dienone is 6. The van der Waals surface area contributed by atoms with E-state index in [0.29, 0.717) is 17.9 Å². The van der Waals surface area contributed by atoms with Gasteiger partial charge in [-0.3, -0.25) is 4.79 Å². The summed E-state index contributed by atoms with van der Waals surface area (Å²) in [6.07, 6.45) is 23.3. The average Bonchev–Trinajstić information content (AvgIpc) is 2.70. The number of unbranched alkanes of at least 4 members (excludes halogenated alkanes) is 5. The lowest BCUT2D eigenvalue weighted by Crippen LogP contribution is -2.09.